The molecule has 3 rings (SSSR count). The molecule has 8 heteroatoms. The Bertz CT molecular complexity index is 1130. The summed E-state index contributed by atoms with van der Waals surface area (Å²) in [6, 6.07) is 16.4. The summed E-state index contributed by atoms with van der Waals surface area (Å²) >= 11 is 0. The van der Waals surface area contributed by atoms with Crippen LogP contribution in [0.25, 0.3) is 11.3 Å². The molecule has 0 saturated heterocycles. The van der Waals surface area contributed by atoms with Crippen molar-refractivity contribution >= 4 is 23.2 Å². The van der Waals surface area contributed by atoms with Gasteiger partial charge in [0.25, 0.3) is 5.56 Å². The molecule has 2 N–H and O–H groups in total. The topological polar surface area (TPSA) is 102 Å². The van der Waals surface area contributed by atoms with Crippen LogP contribution in [0.15, 0.2) is 65.5 Å². The van der Waals surface area contributed by atoms with Gasteiger partial charge in [-0.2, -0.15) is 5.10 Å². The van der Waals surface area contributed by atoms with E-state index in [0.717, 1.165) is 10.2 Å². The Hall–Kier alpha value is -3.94. The van der Waals surface area contributed by atoms with Crippen LogP contribution >= 0.6 is 0 Å². The van der Waals surface area contributed by atoms with Gasteiger partial charge in [-0.05, 0) is 31.2 Å². The monoisotopic (exact) mass is 406 g/mol. The van der Waals surface area contributed by atoms with Gasteiger partial charge in [-0.1, -0.05) is 30.3 Å². The van der Waals surface area contributed by atoms with E-state index in [0.29, 0.717) is 22.8 Å². The lowest BCUT2D eigenvalue weighted by Crippen LogP contribution is -2.33. The molecule has 0 aliphatic rings. The summed E-state index contributed by atoms with van der Waals surface area (Å²) in [5.74, 6) is -0.268. The lowest BCUT2D eigenvalue weighted by molar-refractivity contribution is -0.119. The van der Waals surface area contributed by atoms with E-state index in [1.54, 1.807) is 31.2 Å². The molecule has 0 aliphatic carbocycles. The number of aromatic nitrogens is 2. The van der Waals surface area contributed by atoms with Crippen molar-refractivity contribution in [1.82, 2.24) is 9.78 Å². The molecule has 0 aliphatic heterocycles. The third-order valence-electron chi connectivity index (χ3n) is 4.42. The van der Waals surface area contributed by atoms with Crippen LogP contribution in [-0.4, -0.2) is 28.7 Å². The maximum atomic E-state index is 12.9. The van der Waals surface area contributed by atoms with Crippen LogP contribution < -0.4 is 20.9 Å². The normalized spacial score (nSPS) is 11.4. The van der Waals surface area contributed by atoms with Gasteiger partial charge in [0.2, 0.25) is 11.8 Å². The fourth-order valence-corrected chi connectivity index (χ4v) is 2.90. The van der Waals surface area contributed by atoms with Crippen LogP contribution in [0.5, 0.6) is 5.75 Å². The van der Waals surface area contributed by atoms with E-state index in [4.69, 9.17) is 4.74 Å². The number of nitrogens with zero attached hydrogens (tertiary/aromatic N) is 2. The summed E-state index contributed by atoms with van der Waals surface area (Å²) in [7, 11) is 1.47. The molecule has 0 fully saturated rings. The van der Waals surface area contributed by atoms with E-state index in [-0.39, 0.29) is 5.91 Å². The second kappa shape index (κ2) is 9.04. The molecular weight excluding hydrogens is 384 g/mol. The highest BCUT2D eigenvalue weighted by molar-refractivity contribution is 5.96. The minimum Gasteiger partial charge on any atom is -0.495 e. The standard InChI is InChI=1S/C22H22N4O4/c1-14(26-21(28)12-10-18(25-26)16-7-5-4-6-8-16)22(29)24-19-13-17(23-15(2)27)9-11-20(19)30-3/h4-14H,1-3H3,(H,23,27)(H,24,29). The summed E-state index contributed by atoms with van der Waals surface area (Å²) in [5.41, 5.74) is 1.90. The zero-order chi connectivity index (χ0) is 21.7. The SMILES string of the molecule is COc1ccc(NC(C)=O)cc1NC(=O)C(C)n1nc(-c2ccccc2)ccc1=O. The van der Waals surface area contributed by atoms with Crippen molar-refractivity contribution in [1.29, 1.82) is 0 Å². The Balaban J connectivity index is 1.88. The van der Waals surface area contributed by atoms with Gasteiger partial charge in [0.05, 0.1) is 18.5 Å². The first-order valence-electron chi connectivity index (χ1n) is 9.31. The van der Waals surface area contributed by atoms with Gasteiger partial charge in [-0.15, -0.1) is 0 Å². The van der Waals surface area contributed by atoms with E-state index in [2.05, 4.69) is 15.7 Å². The molecule has 2 aromatic carbocycles. The predicted molar refractivity (Wildman–Crippen MR) is 115 cm³/mol. The van der Waals surface area contributed by atoms with Gasteiger partial charge in [-0.25, -0.2) is 4.68 Å². The maximum absolute atomic E-state index is 12.9. The molecular formula is C22H22N4O4. The van der Waals surface area contributed by atoms with Crippen LogP contribution in [0.2, 0.25) is 0 Å². The highest BCUT2D eigenvalue weighted by Gasteiger charge is 2.20. The first-order valence-corrected chi connectivity index (χ1v) is 9.31. The molecule has 3 aromatic rings. The second-order valence-corrected chi connectivity index (χ2v) is 6.63. The molecule has 1 atom stereocenters. The van der Waals surface area contributed by atoms with Gasteiger partial charge in [-0.3, -0.25) is 14.4 Å². The Morgan fingerprint density at radius 3 is 2.43 bits per heavy atom. The van der Waals surface area contributed by atoms with Crippen LogP contribution in [0.1, 0.15) is 19.9 Å². The number of hydrogen-bond donors (Lipinski definition) is 2. The zero-order valence-electron chi connectivity index (χ0n) is 16.9. The van der Waals surface area contributed by atoms with Gasteiger partial charge in [0.1, 0.15) is 11.8 Å². The zero-order valence-corrected chi connectivity index (χ0v) is 16.9. The van der Waals surface area contributed by atoms with Gasteiger partial charge in [0, 0.05) is 24.2 Å². The number of carbonyl (C=O) groups excluding carboxylic acids is 2. The smallest absolute Gasteiger partial charge is 0.267 e. The number of benzene rings is 2. The van der Waals surface area contributed by atoms with E-state index in [1.807, 2.05) is 30.3 Å². The van der Waals surface area contributed by atoms with Gasteiger partial charge >= 0.3 is 0 Å². The number of hydrogen-bond acceptors (Lipinski definition) is 5. The van der Waals surface area contributed by atoms with Crippen molar-refractivity contribution in [2.24, 2.45) is 0 Å². The number of rotatable bonds is 6. The Morgan fingerprint density at radius 2 is 1.77 bits per heavy atom. The van der Waals surface area contributed by atoms with E-state index < -0.39 is 17.5 Å². The summed E-state index contributed by atoms with van der Waals surface area (Å²) in [4.78, 5) is 36.5. The second-order valence-electron chi connectivity index (χ2n) is 6.63. The quantitative estimate of drug-likeness (QED) is 0.655. The van der Waals surface area contributed by atoms with E-state index in [9.17, 15) is 14.4 Å². The van der Waals surface area contributed by atoms with Crippen molar-refractivity contribution in [3.05, 3.63) is 71.0 Å². The van der Waals surface area contributed by atoms with Crippen LogP contribution in [0.4, 0.5) is 11.4 Å². The fourth-order valence-electron chi connectivity index (χ4n) is 2.90. The molecule has 1 unspecified atom stereocenters. The highest BCUT2D eigenvalue weighted by atomic mass is 16.5. The Kier molecular flexibility index (Phi) is 6.26. The molecule has 0 radical (unpaired) electrons. The van der Waals surface area contributed by atoms with Crippen molar-refractivity contribution < 1.29 is 14.3 Å². The summed E-state index contributed by atoms with van der Waals surface area (Å²) in [5, 5.41) is 9.76. The van der Waals surface area contributed by atoms with Crippen molar-refractivity contribution in [2.75, 3.05) is 17.7 Å². The molecule has 1 aromatic heterocycles. The third kappa shape index (κ3) is 4.72. The molecule has 0 bridgehead atoms. The molecule has 8 nitrogen and oxygen atoms in total. The first-order chi connectivity index (χ1) is 14.4. The van der Waals surface area contributed by atoms with Crippen LogP contribution in [0.3, 0.4) is 0 Å². The van der Waals surface area contributed by atoms with Crippen LogP contribution in [-0.2, 0) is 9.59 Å². The summed E-state index contributed by atoms with van der Waals surface area (Å²) in [6.07, 6.45) is 0. The van der Waals surface area contributed by atoms with Gasteiger partial charge in [0.15, 0.2) is 0 Å². The predicted octanol–water partition coefficient (Wildman–Crippen LogP) is 3.08. The maximum Gasteiger partial charge on any atom is 0.267 e. The van der Waals surface area contributed by atoms with Crippen LogP contribution in [0, 0.1) is 0 Å². The lowest BCUT2D eigenvalue weighted by Gasteiger charge is -2.17. The van der Waals surface area contributed by atoms with Crippen molar-refractivity contribution in [3.8, 4) is 17.0 Å². The number of ether oxygens (including phenoxy) is 1. The third-order valence-corrected chi connectivity index (χ3v) is 4.42. The lowest BCUT2D eigenvalue weighted by atomic mass is 10.1. The molecule has 154 valence electrons. The molecule has 0 spiro atoms. The number of carbonyl (C=O) groups is 2. The number of amides is 2. The number of anilines is 2. The highest BCUT2D eigenvalue weighted by Crippen LogP contribution is 2.28. The molecule has 2 amide bonds. The summed E-state index contributed by atoms with van der Waals surface area (Å²) in [6.45, 7) is 2.98. The van der Waals surface area contributed by atoms with E-state index >= 15 is 0 Å². The largest absolute Gasteiger partial charge is 0.495 e. The van der Waals surface area contributed by atoms with E-state index in [1.165, 1.54) is 20.1 Å². The average Bonchev–Trinajstić information content (AvgIpc) is 2.74. The average molecular weight is 406 g/mol. The fraction of sp³-hybridized carbons (Fsp3) is 0.182. The minimum atomic E-state index is -0.879. The Labute approximate surface area is 173 Å². The molecule has 0 saturated carbocycles. The summed E-state index contributed by atoms with van der Waals surface area (Å²) < 4.78 is 6.42. The van der Waals surface area contributed by atoms with Gasteiger partial charge < -0.3 is 15.4 Å². The van der Waals surface area contributed by atoms with Crippen molar-refractivity contribution in [3.63, 3.8) is 0 Å². The Morgan fingerprint density at radius 1 is 1.03 bits per heavy atom. The molecule has 30 heavy (non-hydrogen) atoms. The number of nitrogens with one attached hydrogen (secondary N) is 2. The molecule has 1 heterocycles. The number of methoxy groups -OCH3 is 1. The first kappa shape index (κ1) is 20.8. The van der Waals surface area contributed by atoms with Crippen molar-refractivity contribution in [2.45, 2.75) is 19.9 Å². The minimum absolute atomic E-state index is 0.237.